The minimum atomic E-state index is 0.335. The molecular formula is C9H16N4. The predicted octanol–water partition coefficient (Wildman–Crippen LogP) is 1.25. The Bertz CT molecular complexity index is 267. The Morgan fingerprint density at radius 1 is 1.31 bits per heavy atom. The van der Waals surface area contributed by atoms with Gasteiger partial charge in [0, 0.05) is 14.1 Å². The molecule has 1 aromatic heterocycles. The van der Waals surface area contributed by atoms with Crippen LogP contribution in [-0.2, 0) is 0 Å². The zero-order chi connectivity index (χ0) is 10.0. The summed E-state index contributed by atoms with van der Waals surface area (Å²) < 4.78 is 0. The first-order chi connectivity index (χ1) is 6.04. The Labute approximate surface area is 78.8 Å². The standard InChI is InChI=1S/C9H16N4/c1-6(2)8-7(10)9(13(3)4)12-5-11-8/h5-6H,10H2,1-4H3. The fourth-order valence-corrected chi connectivity index (χ4v) is 1.22. The molecule has 1 rings (SSSR count). The number of hydrogen-bond acceptors (Lipinski definition) is 4. The first-order valence-electron chi connectivity index (χ1n) is 4.31. The van der Waals surface area contributed by atoms with Crippen LogP contribution in [0.2, 0.25) is 0 Å². The van der Waals surface area contributed by atoms with Gasteiger partial charge in [0.05, 0.1) is 11.4 Å². The van der Waals surface area contributed by atoms with Gasteiger partial charge in [-0.15, -0.1) is 0 Å². The molecule has 13 heavy (non-hydrogen) atoms. The molecule has 2 N–H and O–H groups in total. The molecule has 0 bridgehead atoms. The van der Waals surface area contributed by atoms with Gasteiger partial charge in [0.2, 0.25) is 0 Å². The zero-order valence-electron chi connectivity index (χ0n) is 8.57. The van der Waals surface area contributed by atoms with Gasteiger partial charge >= 0.3 is 0 Å². The number of aromatic nitrogens is 2. The van der Waals surface area contributed by atoms with Gasteiger partial charge in [-0.25, -0.2) is 9.97 Å². The Hall–Kier alpha value is -1.32. The minimum Gasteiger partial charge on any atom is -0.394 e. The number of anilines is 2. The maximum atomic E-state index is 5.92. The van der Waals surface area contributed by atoms with E-state index in [2.05, 4.69) is 23.8 Å². The smallest absolute Gasteiger partial charge is 0.155 e. The van der Waals surface area contributed by atoms with E-state index in [-0.39, 0.29) is 0 Å². The van der Waals surface area contributed by atoms with Crippen molar-refractivity contribution in [3.8, 4) is 0 Å². The summed E-state index contributed by atoms with van der Waals surface area (Å²) in [7, 11) is 3.84. The van der Waals surface area contributed by atoms with Crippen LogP contribution in [-0.4, -0.2) is 24.1 Å². The summed E-state index contributed by atoms with van der Waals surface area (Å²) in [5.74, 6) is 1.13. The van der Waals surface area contributed by atoms with Crippen molar-refractivity contribution < 1.29 is 0 Å². The second-order valence-electron chi connectivity index (χ2n) is 3.55. The van der Waals surface area contributed by atoms with Gasteiger partial charge < -0.3 is 10.6 Å². The molecule has 0 unspecified atom stereocenters. The van der Waals surface area contributed by atoms with E-state index < -0.39 is 0 Å². The van der Waals surface area contributed by atoms with Crippen molar-refractivity contribution in [3.05, 3.63) is 12.0 Å². The molecule has 1 aromatic rings. The highest BCUT2D eigenvalue weighted by Crippen LogP contribution is 2.25. The third-order valence-corrected chi connectivity index (χ3v) is 1.86. The van der Waals surface area contributed by atoms with Crippen LogP contribution in [0.3, 0.4) is 0 Å². The summed E-state index contributed by atoms with van der Waals surface area (Å²) in [6, 6.07) is 0. The van der Waals surface area contributed by atoms with Crippen LogP contribution in [0, 0.1) is 0 Å². The first kappa shape index (κ1) is 9.77. The van der Waals surface area contributed by atoms with Gasteiger partial charge in [-0.3, -0.25) is 0 Å². The van der Waals surface area contributed by atoms with Crippen molar-refractivity contribution in [1.29, 1.82) is 0 Å². The summed E-state index contributed by atoms with van der Waals surface area (Å²) in [5.41, 5.74) is 7.52. The summed E-state index contributed by atoms with van der Waals surface area (Å²) >= 11 is 0. The lowest BCUT2D eigenvalue weighted by Crippen LogP contribution is -2.15. The average molecular weight is 180 g/mol. The van der Waals surface area contributed by atoms with Crippen LogP contribution in [0.5, 0.6) is 0 Å². The molecule has 0 fully saturated rings. The van der Waals surface area contributed by atoms with Crippen molar-refractivity contribution >= 4 is 11.5 Å². The Kier molecular flexibility index (Phi) is 2.70. The second kappa shape index (κ2) is 3.60. The van der Waals surface area contributed by atoms with Crippen molar-refractivity contribution in [1.82, 2.24) is 9.97 Å². The molecule has 0 aliphatic rings. The molecule has 1 heterocycles. The molecule has 0 spiro atoms. The topological polar surface area (TPSA) is 55.0 Å². The highest BCUT2D eigenvalue weighted by molar-refractivity contribution is 5.64. The van der Waals surface area contributed by atoms with E-state index in [9.17, 15) is 0 Å². The van der Waals surface area contributed by atoms with Gasteiger partial charge in [-0.05, 0) is 5.92 Å². The summed E-state index contributed by atoms with van der Waals surface area (Å²) in [4.78, 5) is 10.2. The summed E-state index contributed by atoms with van der Waals surface area (Å²) in [6.07, 6.45) is 1.56. The van der Waals surface area contributed by atoms with Crippen LogP contribution in [0.4, 0.5) is 11.5 Å². The molecule has 4 heteroatoms. The molecule has 0 amide bonds. The highest BCUT2D eigenvalue weighted by atomic mass is 15.2. The van der Waals surface area contributed by atoms with E-state index in [0.29, 0.717) is 11.6 Å². The normalized spacial score (nSPS) is 10.5. The lowest BCUT2D eigenvalue weighted by atomic mass is 10.1. The molecule has 0 aliphatic heterocycles. The maximum absolute atomic E-state index is 5.92. The van der Waals surface area contributed by atoms with Gasteiger partial charge in [0.25, 0.3) is 0 Å². The SMILES string of the molecule is CC(C)c1ncnc(N(C)C)c1N. The van der Waals surface area contributed by atoms with Gasteiger partial charge in [0.1, 0.15) is 6.33 Å². The molecule has 72 valence electrons. The van der Waals surface area contributed by atoms with Gasteiger partial charge in [-0.2, -0.15) is 0 Å². The van der Waals surface area contributed by atoms with Crippen molar-refractivity contribution in [2.24, 2.45) is 0 Å². The summed E-state index contributed by atoms with van der Waals surface area (Å²) in [5, 5.41) is 0. The lowest BCUT2D eigenvalue weighted by Gasteiger charge is -2.16. The van der Waals surface area contributed by atoms with E-state index >= 15 is 0 Å². The average Bonchev–Trinajstić information content (AvgIpc) is 2.03. The fourth-order valence-electron chi connectivity index (χ4n) is 1.22. The quantitative estimate of drug-likeness (QED) is 0.744. The summed E-state index contributed by atoms with van der Waals surface area (Å²) in [6.45, 7) is 4.14. The maximum Gasteiger partial charge on any atom is 0.155 e. The van der Waals surface area contributed by atoms with E-state index in [0.717, 1.165) is 11.5 Å². The Morgan fingerprint density at radius 3 is 2.38 bits per heavy atom. The van der Waals surface area contributed by atoms with Crippen LogP contribution in [0.15, 0.2) is 6.33 Å². The Balaban J connectivity index is 3.18. The monoisotopic (exact) mass is 180 g/mol. The van der Waals surface area contributed by atoms with E-state index in [1.807, 2.05) is 19.0 Å². The van der Waals surface area contributed by atoms with Gasteiger partial charge in [-0.1, -0.05) is 13.8 Å². The first-order valence-corrected chi connectivity index (χ1v) is 4.31. The zero-order valence-corrected chi connectivity index (χ0v) is 8.57. The van der Waals surface area contributed by atoms with E-state index in [1.165, 1.54) is 0 Å². The fraction of sp³-hybridized carbons (Fsp3) is 0.556. The molecule has 0 aliphatic carbocycles. The van der Waals surface area contributed by atoms with Crippen LogP contribution >= 0.6 is 0 Å². The van der Waals surface area contributed by atoms with E-state index in [4.69, 9.17) is 5.73 Å². The number of nitrogens with two attached hydrogens (primary N) is 1. The third kappa shape index (κ3) is 1.88. The molecule has 0 saturated carbocycles. The second-order valence-corrected chi connectivity index (χ2v) is 3.55. The number of nitrogens with zero attached hydrogens (tertiary/aromatic N) is 3. The molecular weight excluding hydrogens is 164 g/mol. The van der Waals surface area contributed by atoms with E-state index in [1.54, 1.807) is 6.33 Å². The highest BCUT2D eigenvalue weighted by Gasteiger charge is 2.11. The van der Waals surface area contributed by atoms with Crippen molar-refractivity contribution in [3.63, 3.8) is 0 Å². The minimum absolute atomic E-state index is 0.335. The molecule has 0 saturated heterocycles. The van der Waals surface area contributed by atoms with Crippen LogP contribution < -0.4 is 10.6 Å². The predicted molar refractivity (Wildman–Crippen MR) is 54.9 cm³/mol. The number of hydrogen-bond donors (Lipinski definition) is 1. The molecule has 4 nitrogen and oxygen atoms in total. The number of rotatable bonds is 2. The number of nitrogen functional groups attached to an aromatic ring is 1. The van der Waals surface area contributed by atoms with Crippen molar-refractivity contribution in [2.45, 2.75) is 19.8 Å². The molecule has 0 radical (unpaired) electrons. The van der Waals surface area contributed by atoms with Gasteiger partial charge in [0.15, 0.2) is 5.82 Å². The molecule has 0 aromatic carbocycles. The molecule has 0 atom stereocenters. The third-order valence-electron chi connectivity index (χ3n) is 1.86. The van der Waals surface area contributed by atoms with Crippen LogP contribution in [0.1, 0.15) is 25.5 Å². The van der Waals surface area contributed by atoms with Crippen LogP contribution in [0.25, 0.3) is 0 Å². The Morgan fingerprint density at radius 2 is 1.92 bits per heavy atom. The lowest BCUT2D eigenvalue weighted by molar-refractivity contribution is 0.815. The van der Waals surface area contributed by atoms with Crippen molar-refractivity contribution in [2.75, 3.05) is 24.7 Å². The largest absolute Gasteiger partial charge is 0.394 e.